The first-order chi connectivity index (χ1) is 12.2. The Kier molecular flexibility index (Phi) is 6.20. The molecule has 1 amide bonds. The van der Waals surface area contributed by atoms with Crippen LogP contribution >= 0.6 is 0 Å². The van der Waals surface area contributed by atoms with Gasteiger partial charge in [0.2, 0.25) is 0 Å². The van der Waals surface area contributed by atoms with Crippen LogP contribution in [0.25, 0.3) is 11.1 Å². The van der Waals surface area contributed by atoms with Gasteiger partial charge in [-0.3, -0.25) is 9.78 Å². The molecule has 3 N–H and O–H groups in total. The van der Waals surface area contributed by atoms with Crippen molar-refractivity contribution in [1.29, 1.82) is 0 Å². The van der Waals surface area contributed by atoms with Gasteiger partial charge in [0.15, 0.2) is 0 Å². The number of hydrogen-bond donors (Lipinski definition) is 2. The molecule has 1 unspecified atom stereocenters. The second-order valence-electron chi connectivity index (χ2n) is 5.82. The summed E-state index contributed by atoms with van der Waals surface area (Å²) in [7, 11) is 0. The van der Waals surface area contributed by atoms with E-state index in [2.05, 4.69) is 9.72 Å². The van der Waals surface area contributed by atoms with E-state index < -0.39 is 12.3 Å². The highest BCUT2D eigenvalue weighted by Gasteiger charge is 2.31. The normalized spacial score (nSPS) is 12.7. The standard InChI is InChI=1S/C18H19F3N2O3/c1-2-11(10-24)7-16-15(17(22)25)8-13(9-23-16)12-3-5-14(6-4-12)26-18(19,20)21/h3-6,8-9,11,24H,2,7,10H2,1H3,(H2,22,25). The maximum atomic E-state index is 12.2. The van der Waals surface area contributed by atoms with Crippen molar-refractivity contribution in [3.05, 3.63) is 47.8 Å². The van der Waals surface area contributed by atoms with Gasteiger partial charge < -0.3 is 15.6 Å². The lowest BCUT2D eigenvalue weighted by Crippen LogP contribution is -2.18. The lowest BCUT2D eigenvalue weighted by atomic mass is 9.96. The molecular weight excluding hydrogens is 349 g/mol. The van der Waals surface area contributed by atoms with E-state index in [1.165, 1.54) is 30.5 Å². The molecule has 1 aromatic carbocycles. The number of carbonyl (C=O) groups excluding carboxylic acids is 1. The monoisotopic (exact) mass is 368 g/mol. The Labute approximate surface area is 148 Å². The van der Waals surface area contributed by atoms with E-state index in [0.717, 1.165) is 6.42 Å². The lowest BCUT2D eigenvalue weighted by Gasteiger charge is -2.14. The fraction of sp³-hybridized carbons (Fsp3) is 0.333. The average molecular weight is 368 g/mol. The van der Waals surface area contributed by atoms with Gasteiger partial charge in [-0.15, -0.1) is 13.2 Å². The number of aliphatic hydroxyl groups excluding tert-OH is 1. The van der Waals surface area contributed by atoms with Crippen LogP contribution in [0, 0.1) is 5.92 Å². The van der Waals surface area contributed by atoms with E-state index in [4.69, 9.17) is 5.73 Å². The highest BCUT2D eigenvalue weighted by molar-refractivity contribution is 5.95. The number of hydrogen-bond acceptors (Lipinski definition) is 4. The quantitative estimate of drug-likeness (QED) is 0.785. The van der Waals surface area contributed by atoms with Gasteiger partial charge in [0.1, 0.15) is 5.75 Å². The molecule has 0 bridgehead atoms. The van der Waals surface area contributed by atoms with Gasteiger partial charge in [-0.2, -0.15) is 0 Å². The Morgan fingerprint density at radius 3 is 2.42 bits per heavy atom. The van der Waals surface area contributed by atoms with Crippen LogP contribution in [0.3, 0.4) is 0 Å². The molecule has 0 saturated heterocycles. The molecule has 0 fully saturated rings. The molecule has 8 heteroatoms. The summed E-state index contributed by atoms with van der Waals surface area (Å²) in [5.41, 5.74) is 7.24. The van der Waals surface area contributed by atoms with E-state index >= 15 is 0 Å². The average Bonchev–Trinajstić information content (AvgIpc) is 2.59. The molecule has 140 valence electrons. The third kappa shape index (κ3) is 5.19. The minimum absolute atomic E-state index is 0.0290. The van der Waals surface area contributed by atoms with E-state index in [0.29, 0.717) is 23.2 Å². The Bertz CT molecular complexity index is 757. The number of ether oxygens (including phenoxy) is 1. The molecular formula is C18H19F3N2O3. The molecule has 0 aliphatic rings. The Hall–Kier alpha value is -2.61. The fourth-order valence-electron chi connectivity index (χ4n) is 2.49. The minimum Gasteiger partial charge on any atom is -0.406 e. The first kappa shape index (κ1) is 19.7. The zero-order chi connectivity index (χ0) is 19.3. The van der Waals surface area contributed by atoms with Gasteiger partial charge >= 0.3 is 6.36 Å². The number of pyridine rings is 1. The number of nitrogens with zero attached hydrogens (tertiary/aromatic N) is 1. The Morgan fingerprint density at radius 2 is 1.92 bits per heavy atom. The SMILES string of the molecule is CCC(CO)Cc1ncc(-c2ccc(OC(F)(F)F)cc2)cc1C(N)=O. The van der Waals surface area contributed by atoms with Gasteiger partial charge in [0.05, 0.1) is 11.3 Å². The molecule has 1 heterocycles. The van der Waals surface area contributed by atoms with E-state index in [9.17, 15) is 23.1 Å². The molecule has 1 atom stereocenters. The van der Waals surface area contributed by atoms with Crippen molar-refractivity contribution in [2.45, 2.75) is 26.1 Å². The van der Waals surface area contributed by atoms with Gasteiger partial charge in [0, 0.05) is 18.4 Å². The molecule has 0 aliphatic carbocycles. The number of rotatable bonds is 7. The van der Waals surface area contributed by atoms with Crippen molar-refractivity contribution in [1.82, 2.24) is 4.98 Å². The largest absolute Gasteiger partial charge is 0.573 e. The van der Waals surface area contributed by atoms with Crippen LogP contribution in [-0.4, -0.2) is 29.0 Å². The van der Waals surface area contributed by atoms with Gasteiger partial charge in [-0.05, 0) is 36.1 Å². The summed E-state index contributed by atoms with van der Waals surface area (Å²) in [4.78, 5) is 16.0. The number of halogens is 3. The van der Waals surface area contributed by atoms with Crippen LogP contribution in [0.2, 0.25) is 0 Å². The summed E-state index contributed by atoms with van der Waals surface area (Å²) < 4.78 is 40.5. The van der Waals surface area contributed by atoms with Crippen molar-refractivity contribution >= 4 is 5.91 Å². The number of alkyl halides is 3. The van der Waals surface area contributed by atoms with Crippen LogP contribution < -0.4 is 10.5 Å². The second kappa shape index (κ2) is 8.18. The van der Waals surface area contributed by atoms with Crippen molar-refractivity contribution in [3.8, 4) is 16.9 Å². The van der Waals surface area contributed by atoms with Crippen molar-refractivity contribution < 1.29 is 27.8 Å². The first-order valence-corrected chi connectivity index (χ1v) is 7.99. The van der Waals surface area contributed by atoms with E-state index in [-0.39, 0.29) is 23.8 Å². The summed E-state index contributed by atoms with van der Waals surface area (Å²) in [6.07, 6.45) is -2.11. The maximum absolute atomic E-state index is 12.2. The number of nitrogens with two attached hydrogens (primary N) is 1. The molecule has 0 spiro atoms. The van der Waals surface area contributed by atoms with Crippen LogP contribution in [0.15, 0.2) is 36.5 Å². The third-order valence-electron chi connectivity index (χ3n) is 3.97. The van der Waals surface area contributed by atoms with Gasteiger partial charge in [0.25, 0.3) is 5.91 Å². The molecule has 1 aromatic heterocycles. The summed E-state index contributed by atoms with van der Waals surface area (Å²) in [6.45, 7) is 1.89. The number of primary amides is 1. The van der Waals surface area contributed by atoms with E-state index in [1.54, 1.807) is 6.07 Å². The lowest BCUT2D eigenvalue weighted by molar-refractivity contribution is -0.274. The smallest absolute Gasteiger partial charge is 0.406 e. The van der Waals surface area contributed by atoms with Crippen LogP contribution in [-0.2, 0) is 6.42 Å². The molecule has 2 rings (SSSR count). The highest BCUT2D eigenvalue weighted by Crippen LogP contribution is 2.27. The fourth-order valence-corrected chi connectivity index (χ4v) is 2.49. The molecule has 2 aromatic rings. The second-order valence-corrected chi connectivity index (χ2v) is 5.82. The molecule has 5 nitrogen and oxygen atoms in total. The topological polar surface area (TPSA) is 85.4 Å². The van der Waals surface area contributed by atoms with Crippen LogP contribution in [0.5, 0.6) is 5.75 Å². The Morgan fingerprint density at radius 1 is 1.27 bits per heavy atom. The number of aromatic nitrogens is 1. The first-order valence-electron chi connectivity index (χ1n) is 7.99. The summed E-state index contributed by atoms with van der Waals surface area (Å²) in [5.74, 6) is -1.03. The summed E-state index contributed by atoms with van der Waals surface area (Å²) in [6, 6.07) is 6.78. The molecule has 0 saturated carbocycles. The predicted octanol–water partition coefficient (Wildman–Crippen LogP) is 3.31. The third-order valence-corrected chi connectivity index (χ3v) is 3.97. The zero-order valence-corrected chi connectivity index (χ0v) is 14.1. The molecule has 26 heavy (non-hydrogen) atoms. The zero-order valence-electron chi connectivity index (χ0n) is 14.1. The minimum atomic E-state index is -4.76. The summed E-state index contributed by atoms with van der Waals surface area (Å²) in [5, 5.41) is 9.32. The summed E-state index contributed by atoms with van der Waals surface area (Å²) >= 11 is 0. The molecule has 0 aliphatic heterocycles. The van der Waals surface area contributed by atoms with Crippen LogP contribution in [0.1, 0.15) is 29.4 Å². The maximum Gasteiger partial charge on any atom is 0.573 e. The Balaban J connectivity index is 2.30. The number of carbonyl (C=O) groups is 1. The number of aliphatic hydroxyl groups is 1. The van der Waals surface area contributed by atoms with E-state index in [1.807, 2.05) is 6.92 Å². The number of amides is 1. The molecule has 0 radical (unpaired) electrons. The highest BCUT2D eigenvalue weighted by atomic mass is 19.4. The number of benzene rings is 1. The van der Waals surface area contributed by atoms with Crippen molar-refractivity contribution in [2.24, 2.45) is 11.7 Å². The van der Waals surface area contributed by atoms with Crippen LogP contribution in [0.4, 0.5) is 13.2 Å². The predicted molar refractivity (Wildman–Crippen MR) is 89.4 cm³/mol. The van der Waals surface area contributed by atoms with Crippen molar-refractivity contribution in [3.63, 3.8) is 0 Å². The van der Waals surface area contributed by atoms with Gasteiger partial charge in [-0.25, -0.2) is 0 Å². The van der Waals surface area contributed by atoms with Crippen molar-refractivity contribution in [2.75, 3.05) is 6.61 Å². The van der Waals surface area contributed by atoms with Gasteiger partial charge in [-0.1, -0.05) is 25.5 Å².